The molecule has 83 heavy (non-hydrogen) atoms. The number of unbranched alkanes of at least 4 members (excludes halogenated alkanes) is 29. The minimum atomic E-state index is -0.814. The lowest BCUT2D eigenvalue weighted by molar-refractivity contribution is -0.166. The monoisotopic (exact) mass is 1150 g/mol. The van der Waals surface area contributed by atoms with Gasteiger partial charge in [0.25, 0.3) is 0 Å². The first-order valence-corrected chi connectivity index (χ1v) is 34.7. The van der Waals surface area contributed by atoms with Crippen molar-refractivity contribution in [2.45, 2.75) is 322 Å². The van der Waals surface area contributed by atoms with E-state index in [1.165, 1.54) is 167 Å². The summed E-state index contributed by atoms with van der Waals surface area (Å²) < 4.78 is 16.9. The Balaban J connectivity index is 4.29. The van der Waals surface area contributed by atoms with Crippen LogP contribution in [0.2, 0.25) is 0 Å². The first-order chi connectivity index (χ1) is 41.0. The molecule has 472 valence electrons. The van der Waals surface area contributed by atoms with Crippen molar-refractivity contribution in [3.05, 3.63) is 134 Å². The largest absolute Gasteiger partial charge is 0.462 e. The van der Waals surface area contributed by atoms with Gasteiger partial charge in [-0.15, -0.1) is 0 Å². The SMILES string of the molecule is CC/C=C\C/C=C\C/C=C\C/C=C\C/C=C\CCCCCCCCCCCCCCCCCC(=O)OCC(COC(=O)CC/C=C\C/C=C\C/C=C\C/C=C\CC)OC(=O)CCCCCCCCCCC/C=C\C/C=C\CCCCCCC. The van der Waals surface area contributed by atoms with Crippen LogP contribution in [-0.4, -0.2) is 37.2 Å². The molecule has 6 heteroatoms. The molecule has 0 saturated heterocycles. The zero-order chi connectivity index (χ0) is 59.9. The Morgan fingerprint density at radius 2 is 0.494 bits per heavy atom. The zero-order valence-corrected chi connectivity index (χ0v) is 54.2. The van der Waals surface area contributed by atoms with E-state index >= 15 is 0 Å². The molecular weight excluding hydrogens is 1020 g/mol. The summed E-state index contributed by atoms with van der Waals surface area (Å²) in [5.74, 6) is -0.985. The smallest absolute Gasteiger partial charge is 0.306 e. The predicted octanol–water partition coefficient (Wildman–Crippen LogP) is 24.1. The fourth-order valence-corrected chi connectivity index (χ4v) is 9.52. The molecular formula is C77H128O6. The molecule has 1 unspecified atom stereocenters. The molecule has 0 aromatic rings. The predicted molar refractivity (Wildman–Crippen MR) is 362 cm³/mol. The van der Waals surface area contributed by atoms with Crippen LogP contribution in [-0.2, 0) is 28.6 Å². The van der Waals surface area contributed by atoms with Crippen molar-refractivity contribution in [3.8, 4) is 0 Å². The van der Waals surface area contributed by atoms with Crippen LogP contribution in [0.25, 0.3) is 0 Å². The first kappa shape index (κ1) is 78.5. The molecule has 1 atom stereocenters. The quantitative estimate of drug-likeness (QED) is 0.0261. The zero-order valence-electron chi connectivity index (χ0n) is 54.2. The summed E-state index contributed by atoms with van der Waals surface area (Å²) in [6.45, 7) is 6.35. The third-order valence-corrected chi connectivity index (χ3v) is 14.6. The van der Waals surface area contributed by atoms with E-state index in [4.69, 9.17) is 14.2 Å². The molecule has 0 N–H and O–H groups in total. The van der Waals surface area contributed by atoms with Gasteiger partial charge < -0.3 is 14.2 Å². The molecule has 0 spiro atoms. The number of hydrogen-bond acceptors (Lipinski definition) is 6. The Morgan fingerprint density at radius 1 is 0.253 bits per heavy atom. The van der Waals surface area contributed by atoms with Gasteiger partial charge >= 0.3 is 17.9 Å². The van der Waals surface area contributed by atoms with Crippen molar-refractivity contribution in [3.63, 3.8) is 0 Å². The summed E-state index contributed by atoms with van der Waals surface area (Å²) in [5.41, 5.74) is 0. The second kappa shape index (κ2) is 70.0. The highest BCUT2D eigenvalue weighted by Gasteiger charge is 2.19. The molecule has 0 aliphatic carbocycles. The maximum Gasteiger partial charge on any atom is 0.306 e. The van der Waals surface area contributed by atoms with Crippen LogP contribution >= 0.6 is 0 Å². The lowest BCUT2D eigenvalue weighted by atomic mass is 10.0. The van der Waals surface area contributed by atoms with E-state index in [-0.39, 0.29) is 37.5 Å². The van der Waals surface area contributed by atoms with Gasteiger partial charge in [0, 0.05) is 19.3 Å². The molecule has 0 aliphatic heterocycles. The number of carbonyl (C=O) groups excluding carboxylic acids is 3. The molecule has 0 radical (unpaired) electrons. The van der Waals surface area contributed by atoms with Crippen molar-refractivity contribution < 1.29 is 28.6 Å². The summed E-state index contributed by atoms with van der Waals surface area (Å²) in [7, 11) is 0. The van der Waals surface area contributed by atoms with E-state index in [9.17, 15) is 14.4 Å². The third-order valence-electron chi connectivity index (χ3n) is 14.6. The van der Waals surface area contributed by atoms with Gasteiger partial charge in [-0.2, -0.15) is 0 Å². The highest BCUT2D eigenvalue weighted by atomic mass is 16.6. The van der Waals surface area contributed by atoms with Crippen molar-refractivity contribution in [1.82, 2.24) is 0 Å². The molecule has 0 saturated carbocycles. The van der Waals surface area contributed by atoms with Crippen molar-refractivity contribution >= 4 is 17.9 Å². The van der Waals surface area contributed by atoms with Gasteiger partial charge in [0.2, 0.25) is 0 Å². The van der Waals surface area contributed by atoms with Gasteiger partial charge in [0.1, 0.15) is 13.2 Å². The lowest BCUT2D eigenvalue weighted by Gasteiger charge is -2.18. The average molecular weight is 1150 g/mol. The maximum absolute atomic E-state index is 12.9. The third kappa shape index (κ3) is 68.2. The van der Waals surface area contributed by atoms with Crippen molar-refractivity contribution in [1.29, 1.82) is 0 Å². The number of allylic oxidation sites excluding steroid dienone is 22. The number of esters is 3. The molecule has 0 amide bonds. The van der Waals surface area contributed by atoms with Crippen LogP contribution in [0.5, 0.6) is 0 Å². The normalized spacial score (nSPS) is 13.0. The molecule has 0 rings (SSSR count). The van der Waals surface area contributed by atoms with Gasteiger partial charge in [-0.25, -0.2) is 0 Å². The van der Waals surface area contributed by atoms with E-state index in [1.54, 1.807) is 0 Å². The second-order valence-electron chi connectivity index (χ2n) is 22.7. The van der Waals surface area contributed by atoms with Gasteiger partial charge in [0.05, 0.1) is 0 Å². The van der Waals surface area contributed by atoms with E-state index < -0.39 is 6.10 Å². The summed E-state index contributed by atoms with van der Waals surface area (Å²) in [6.07, 6.45) is 99.2. The van der Waals surface area contributed by atoms with Gasteiger partial charge in [-0.05, 0) is 122 Å². The summed E-state index contributed by atoms with van der Waals surface area (Å²) in [5, 5.41) is 0. The molecule has 6 nitrogen and oxygen atoms in total. The number of carbonyl (C=O) groups is 3. The van der Waals surface area contributed by atoms with Crippen LogP contribution < -0.4 is 0 Å². The Labute approximate surface area is 513 Å². The number of rotatable bonds is 62. The Bertz CT molecular complexity index is 1750. The van der Waals surface area contributed by atoms with Gasteiger partial charge in [-0.3, -0.25) is 14.4 Å². The minimum Gasteiger partial charge on any atom is -0.462 e. The fourth-order valence-electron chi connectivity index (χ4n) is 9.52. The van der Waals surface area contributed by atoms with Gasteiger partial charge in [-0.1, -0.05) is 309 Å². The molecule has 0 aromatic carbocycles. The highest BCUT2D eigenvalue weighted by molar-refractivity contribution is 5.71. The second-order valence-corrected chi connectivity index (χ2v) is 22.7. The lowest BCUT2D eigenvalue weighted by Crippen LogP contribution is -2.30. The Kier molecular flexibility index (Phi) is 66.3. The Hall–Kier alpha value is -4.45. The summed E-state index contributed by atoms with van der Waals surface area (Å²) in [4.78, 5) is 38.3. The molecule has 0 bridgehead atoms. The standard InChI is InChI=1S/C77H128O6/c1-4-7-10-13-16-19-22-25-27-29-31-33-34-35-36-37-38-39-40-41-42-44-45-47-49-52-55-58-61-64-67-70-76(79)82-73-74(72-81-75(78)69-66-63-60-57-54-51-24-21-18-15-12-9-6-3)83-77(80)71-68-65-62-59-56-53-50-48-46-43-32-30-28-26-23-20-17-14-11-8-5-2/h7,9-10,12,16,18-19,21,23,25-27,30-33,35-36,51,54,60,63,74H,4-6,8,11,13-15,17,20,22,24,28-29,34,37-50,52-53,55-59,61-62,64-73H2,1-3H3/b10-7-,12-9-,19-16-,21-18-,26-23-,27-25-,32-30-,33-31-,36-35-,54-51-,63-60-. The summed E-state index contributed by atoms with van der Waals surface area (Å²) in [6, 6.07) is 0. The van der Waals surface area contributed by atoms with Crippen LogP contribution in [0.15, 0.2) is 134 Å². The van der Waals surface area contributed by atoms with Crippen molar-refractivity contribution in [2.24, 2.45) is 0 Å². The maximum atomic E-state index is 12.9. The highest BCUT2D eigenvalue weighted by Crippen LogP contribution is 2.17. The molecule has 0 heterocycles. The average Bonchev–Trinajstić information content (AvgIpc) is 3.49. The first-order valence-electron chi connectivity index (χ1n) is 34.7. The number of hydrogen-bond donors (Lipinski definition) is 0. The topological polar surface area (TPSA) is 78.9 Å². The van der Waals surface area contributed by atoms with Gasteiger partial charge in [0.15, 0.2) is 6.10 Å². The van der Waals surface area contributed by atoms with Crippen LogP contribution in [0.1, 0.15) is 316 Å². The van der Waals surface area contributed by atoms with E-state index in [0.29, 0.717) is 19.3 Å². The van der Waals surface area contributed by atoms with E-state index in [1.807, 2.05) is 6.08 Å². The number of ether oxygens (including phenoxy) is 3. The molecule has 0 aliphatic rings. The molecule has 0 aromatic heterocycles. The van der Waals surface area contributed by atoms with E-state index in [0.717, 1.165) is 103 Å². The Morgan fingerprint density at radius 3 is 0.807 bits per heavy atom. The fraction of sp³-hybridized carbons (Fsp3) is 0.675. The van der Waals surface area contributed by atoms with Crippen LogP contribution in [0, 0.1) is 0 Å². The minimum absolute atomic E-state index is 0.103. The van der Waals surface area contributed by atoms with E-state index in [2.05, 4.69) is 148 Å². The van der Waals surface area contributed by atoms with Crippen LogP contribution in [0.3, 0.4) is 0 Å². The van der Waals surface area contributed by atoms with Crippen molar-refractivity contribution in [2.75, 3.05) is 13.2 Å². The summed E-state index contributed by atoms with van der Waals surface area (Å²) >= 11 is 0. The van der Waals surface area contributed by atoms with Crippen LogP contribution in [0.4, 0.5) is 0 Å². The molecule has 0 fully saturated rings.